The Balaban J connectivity index is 1.44. The van der Waals surface area contributed by atoms with Crippen molar-refractivity contribution in [2.24, 2.45) is 0 Å². The van der Waals surface area contributed by atoms with Crippen molar-refractivity contribution < 1.29 is 14.3 Å². The number of carbonyl (C=O) groups excluding carboxylic acids is 1. The van der Waals surface area contributed by atoms with Gasteiger partial charge >= 0.3 is 0 Å². The third kappa shape index (κ3) is 4.18. The van der Waals surface area contributed by atoms with Gasteiger partial charge < -0.3 is 23.7 Å². The van der Waals surface area contributed by atoms with Gasteiger partial charge in [-0.15, -0.1) is 0 Å². The van der Waals surface area contributed by atoms with E-state index in [1.165, 1.54) is 0 Å². The predicted molar refractivity (Wildman–Crippen MR) is 160 cm³/mol. The number of hydrogen-bond acceptors (Lipinski definition) is 8. The molecule has 0 spiro atoms. The van der Waals surface area contributed by atoms with Crippen molar-refractivity contribution in [3.63, 3.8) is 0 Å². The van der Waals surface area contributed by atoms with E-state index in [9.17, 15) is 4.79 Å². The Hall–Kier alpha value is -4.51. The zero-order valence-electron chi connectivity index (χ0n) is 24.4. The summed E-state index contributed by atoms with van der Waals surface area (Å²) in [4.78, 5) is 32.3. The van der Waals surface area contributed by atoms with Crippen LogP contribution in [0.3, 0.4) is 0 Å². The van der Waals surface area contributed by atoms with Crippen molar-refractivity contribution in [3.05, 3.63) is 59.4 Å². The van der Waals surface area contributed by atoms with Crippen molar-refractivity contribution in [2.45, 2.75) is 33.6 Å². The van der Waals surface area contributed by atoms with Crippen LogP contribution in [0.15, 0.2) is 36.9 Å². The first kappa shape index (κ1) is 26.4. The zero-order valence-corrected chi connectivity index (χ0v) is 24.4. The number of fused-ring (bicyclic) bond motifs is 2. The van der Waals surface area contributed by atoms with Crippen LogP contribution in [0.25, 0.3) is 33.5 Å². The molecule has 0 aliphatic carbocycles. The Labute approximate surface area is 243 Å². The standard InChI is InChI=1S/C31H34N8O3/c1-19-28(31(40)37-9-5-6-10-37)21(3)38-18-27(35-30(29(19)38)36-11-13-42-14-12-36)39-25-15-24(34-20(2)22(25)17-33-39)23-16-32-8-7-26(23)41-4/h7-8,15-18H,5-6,9-14H2,1-4H3. The van der Waals surface area contributed by atoms with Crippen LogP contribution in [0, 0.1) is 20.8 Å². The van der Waals surface area contributed by atoms with Gasteiger partial charge in [-0.2, -0.15) is 5.10 Å². The quantitative estimate of drug-likeness (QED) is 0.313. The molecule has 0 N–H and O–H groups in total. The van der Waals surface area contributed by atoms with E-state index in [4.69, 9.17) is 24.5 Å². The number of pyridine rings is 2. The van der Waals surface area contributed by atoms with E-state index in [-0.39, 0.29) is 5.91 Å². The largest absolute Gasteiger partial charge is 0.496 e. The second-order valence-electron chi connectivity index (χ2n) is 11.0. The van der Waals surface area contributed by atoms with Gasteiger partial charge in [0.05, 0.1) is 60.6 Å². The summed E-state index contributed by atoms with van der Waals surface area (Å²) < 4.78 is 15.2. The molecule has 42 heavy (non-hydrogen) atoms. The number of anilines is 1. The molecule has 5 aromatic rings. The number of methoxy groups -OCH3 is 1. The molecule has 2 fully saturated rings. The predicted octanol–water partition coefficient (Wildman–Crippen LogP) is 4.14. The highest BCUT2D eigenvalue weighted by Gasteiger charge is 2.29. The van der Waals surface area contributed by atoms with Crippen molar-refractivity contribution in [1.29, 1.82) is 0 Å². The van der Waals surface area contributed by atoms with E-state index in [0.717, 1.165) is 95.0 Å². The van der Waals surface area contributed by atoms with Crippen molar-refractivity contribution in [3.8, 4) is 22.8 Å². The summed E-state index contributed by atoms with van der Waals surface area (Å²) in [5, 5.41) is 5.72. The Kier molecular flexibility index (Phi) is 6.53. The molecule has 0 aromatic carbocycles. The fourth-order valence-electron chi connectivity index (χ4n) is 6.34. The summed E-state index contributed by atoms with van der Waals surface area (Å²) in [7, 11) is 1.64. The third-order valence-corrected chi connectivity index (χ3v) is 8.54. The average molecular weight is 567 g/mol. The normalized spacial score (nSPS) is 15.7. The Morgan fingerprint density at radius 2 is 1.81 bits per heavy atom. The van der Waals surface area contributed by atoms with Crippen molar-refractivity contribution in [2.75, 3.05) is 51.4 Å². The second-order valence-corrected chi connectivity index (χ2v) is 11.0. The molecule has 0 radical (unpaired) electrons. The van der Waals surface area contributed by atoms with E-state index < -0.39 is 0 Å². The van der Waals surface area contributed by atoms with Gasteiger partial charge in [0, 0.05) is 55.3 Å². The SMILES string of the molecule is COc1ccncc1-c1cc2c(cnn2-c2cn3c(C)c(C(=O)N4CCCC4)c(C)c3c(N3CCOCC3)n2)c(C)n1. The number of likely N-dealkylation sites (tertiary alicyclic amines) is 1. The van der Waals surface area contributed by atoms with Gasteiger partial charge in [-0.1, -0.05) is 0 Å². The summed E-state index contributed by atoms with van der Waals surface area (Å²) in [6.45, 7) is 10.4. The van der Waals surface area contributed by atoms with Crippen LogP contribution in [0.1, 0.15) is 40.2 Å². The molecule has 2 aliphatic heterocycles. The molecule has 7 rings (SSSR count). The van der Waals surface area contributed by atoms with E-state index in [0.29, 0.717) is 24.8 Å². The van der Waals surface area contributed by atoms with Crippen LogP contribution in [0.2, 0.25) is 0 Å². The molecule has 7 heterocycles. The van der Waals surface area contributed by atoms with Crippen LogP contribution in [-0.2, 0) is 4.74 Å². The van der Waals surface area contributed by atoms with Gasteiger partial charge in [-0.05, 0) is 51.3 Å². The fraction of sp³-hybridized carbons (Fsp3) is 0.387. The lowest BCUT2D eigenvalue weighted by Gasteiger charge is -2.29. The first-order chi connectivity index (χ1) is 20.5. The lowest BCUT2D eigenvalue weighted by Crippen LogP contribution is -2.37. The van der Waals surface area contributed by atoms with Crippen molar-refractivity contribution in [1.82, 2.24) is 34.0 Å². The van der Waals surface area contributed by atoms with Crippen LogP contribution >= 0.6 is 0 Å². The van der Waals surface area contributed by atoms with Gasteiger partial charge in [0.25, 0.3) is 5.91 Å². The maximum absolute atomic E-state index is 13.7. The maximum Gasteiger partial charge on any atom is 0.255 e. The van der Waals surface area contributed by atoms with Crippen LogP contribution in [-0.4, -0.2) is 86.4 Å². The lowest BCUT2D eigenvalue weighted by molar-refractivity contribution is 0.0791. The summed E-state index contributed by atoms with van der Waals surface area (Å²) in [6.07, 6.45) is 9.39. The van der Waals surface area contributed by atoms with Gasteiger partial charge in [-0.3, -0.25) is 14.8 Å². The van der Waals surface area contributed by atoms with E-state index >= 15 is 0 Å². The molecule has 2 saturated heterocycles. The summed E-state index contributed by atoms with van der Waals surface area (Å²) in [5.41, 5.74) is 6.86. The van der Waals surface area contributed by atoms with Crippen molar-refractivity contribution >= 4 is 28.1 Å². The van der Waals surface area contributed by atoms with E-state index in [1.807, 2.05) is 54.9 Å². The molecule has 0 saturated carbocycles. The maximum atomic E-state index is 13.7. The van der Waals surface area contributed by atoms with E-state index in [2.05, 4.69) is 14.3 Å². The molecule has 0 bridgehead atoms. The van der Waals surface area contributed by atoms with Crippen LogP contribution in [0.4, 0.5) is 5.82 Å². The molecule has 5 aromatic heterocycles. The molecule has 11 nitrogen and oxygen atoms in total. The highest BCUT2D eigenvalue weighted by Crippen LogP contribution is 2.35. The first-order valence-electron chi connectivity index (χ1n) is 14.4. The van der Waals surface area contributed by atoms with Gasteiger partial charge in [0.15, 0.2) is 11.6 Å². The molecular weight excluding hydrogens is 532 g/mol. The smallest absolute Gasteiger partial charge is 0.255 e. The Morgan fingerprint density at radius 1 is 1.02 bits per heavy atom. The summed E-state index contributed by atoms with van der Waals surface area (Å²) in [6, 6.07) is 3.83. The topological polar surface area (TPSA) is 103 Å². The Morgan fingerprint density at radius 3 is 2.57 bits per heavy atom. The summed E-state index contributed by atoms with van der Waals surface area (Å²) in [5.74, 6) is 2.29. The minimum Gasteiger partial charge on any atom is -0.496 e. The minimum atomic E-state index is 0.0991. The number of ether oxygens (including phenoxy) is 2. The molecule has 0 atom stereocenters. The number of amides is 1. The monoisotopic (exact) mass is 566 g/mol. The number of nitrogens with zero attached hydrogens (tertiary/aromatic N) is 8. The van der Waals surface area contributed by atoms with Gasteiger partial charge in [0.1, 0.15) is 5.75 Å². The van der Waals surface area contributed by atoms with Crippen LogP contribution < -0.4 is 9.64 Å². The average Bonchev–Trinajstić information content (AvgIpc) is 3.76. The van der Waals surface area contributed by atoms with E-state index in [1.54, 1.807) is 19.5 Å². The molecule has 1 amide bonds. The minimum absolute atomic E-state index is 0.0991. The number of rotatable bonds is 5. The van der Waals surface area contributed by atoms with Gasteiger partial charge in [0.2, 0.25) is 0 Å². The fourth-order valence-corrected chi connectivity index (χ4v) is 6.34. The number of morpholine rings is 1. The molecular formula is C31H34N8O3. The summed E-state index contributed by atoms with van der Waals surface area (Å²) >= 11 is 0. The Bertz CT molecular complexity index is 1830. The number of aromatic nitrogens is 6. The lowest BCUT2D eigenvalue weighted by atomic mass is 10.1. The third-order valence-electron chi connectivity index (χ3n) is 8.54. The number of aryl methyl sites for hydroxylation is 3. The molecule has 216 valence electrons. The first-order valence-corrected chi connectivity index (χ1v) is 14.4. The van der Waals surface area contributed by atoms with Gasteiger partial charge in [-0.25, -0.2) is 9.67 Å². The number of hydrogen-bond donors (Lipinski definition) is 0. The second kappa shape index (κ2) is 10.4. The molecule has 0 unspecified atom stereocenters. The zero-order chi connectivity index (χ0) is 29.0. The molecule has 11 heteroatoms. The molecule has 2 aliphatic rings. The number of carbonyl (C=O) groups is 1. The van der Waals surface area contributed by atoms with Crippen LogP contribution in [0.5, 0.6) is 5.75 Å². The highest BCUT2D eigenvalue weighted by atomic mass is 16.5. The highest BCUT2D eigenvalue weighted by molar-refractivity contribution is 6.01.